The first-order chi connectivity index (χ1) is 9.34. The van der Waals surface area contributed by atoms with Gasteiger partial charge < -0.3 is 10.1 Å². The molecule has 1 rings (SSSR count). The zero-order valence-corrected chi connectivity index (χ0v) is 13.9. The van der Waals surface area contributed by atoms with Crippen molar-refractivity contribution in [2.45, 2.75) is 45.3 Å². The molecule has 0 aromatic rings. The van der Waals surface area contributed by atoms with E-state index in [1.54, 1.807) is 14.1 Å². The van der Waals surface area contributed by atoms with E-state index in [1.165, 1.54) is 21.5 Å². The second-order valence-electron chi connectivity index (χ2n) is 5.65. The lowest BCUT2D eigenvalue weighted by molar-refractivity contribution is 0.0731. The molecule has 0 aliphatic heterocycles. The van der Waals surface area contributed by atoms with Crippen molar-refractivity contribution in [1.29, 1.82) is 0 Å². The molecule has 0 bridgehead atoms. The Morgan fingerprint density at radius 2 is 1.80 bits per heavy atom. The number of hydrogen-bond donors (Lipinski definition) is 1. The van der Waals surface area contributed by atoms with Crippen LogP contribution in [0, 0.1) is 0 Å². The van der Waals surface area contributed by atoms with E-state index in [0.29, 0.717) is 25.7 Å². The third-order valence-electron chi connectivity index (χ3n) is 3.31. The van der Waals surface area contributed by atoms with E-state index in [4.69, 9.17) is 4.74 Å². The summed E-state index contributed by atoms with van der Waals surface area (Å²) in [7, 11) is -0.137. The molecule has 0 aromatic heterocycles. The van der Waals surface area contributed by atoms with E-state index >= 15 is 0 Å². The Kier molecular flexibility index (Phi) is 7.39. The summed E-state index contributed by atoms with van der Waals surface area (Å²) in [5.74, 6) is 0. The molecule has 7 heteroatoms. The Morgan fingerprint density at radius 1 is 1.20 bits per heavy atom. The normalized spacial score (nSPS) is 16.6. The molecule has 1 aliphatic rings. The van der Waals surface area contributed by atoms with Crippen molar-refractivity contribution in [3.8, 4) is 0 Å². The summed E-state index contributed by atoms with van der Waals surface area (Å²) >= 11 is 0. The molecule has 0 unspecified atom stereocenters. The van der Waals surface area contributed by atoms with Crippen LogP contribution in [0.15, 0.2) is 0 Å². The number of nitrogens with zero attached hydrogens (tertiary/aromatic N) is 2. The van der Waals surface area contributed by atoms with Crippen LogP contribution in [0.25, 0.3) is 0 Å². The van der Waals surface area contributed by atoms with Gasteiger partial charge >= 0.3 is 0 Å². The fourth-order valence-corrected chi connectivity index (χ4v) is 2.92. The standard InChI is InChI=1S/C13H29N3O3S/c1-12(2)19-11-10-16(4)20(17,18)15(3)9-5-8-14-13-6-7-13/h12-14H,5-11H2,1-4H3. The summed E-state index contributed by atoms with van der Waals surface area (Å²) in [5.41, 5.74) is 0. The molecule has 0 spiro atoms. The van der Waals surface area contributed by atoms with Gasteiger partial charge in [-0.05, 0) is 39.7 Å². The van der Waals surface area contributed by atoms with E-state index in [9.17, 15) is 8.42 Å². The molecule has 0 radical (unpaired) electrons. The van der Waals surface area contributed by atoms with Gasteiger partial charge in [0.2, 0.25) is 0 Å². The summed E-state index contributed by atoms with van der Waals surface area (Å²) in [6.07, 6.45) is 3.47. The van der Waals surface area contributed by atoms with Gasteiger partial charge in [-0.3, -0.25) is 0 Å². The smallest absolute Gasteiger partial charge is 0.281 e. The highest BCUT2D eigenvalue weighted by atomic mass is 32.2. The highest BCUT2D eigenvalue weighted by Crippen LogP contribution is 2.18. The molecule has 120 valence electrons. The van der Waals surface area contributed by atoms with Crippen molar-refractivity contribution >= 4 is 10.2 Å². The SMILES string of the molecule is CC(C)OCCN(C)S(=O)(=O)N(C)CCCNC1CC1. The number of ether oxygens (including phenoxy) is 1. The van der Waals surface area contributed by atoms with Gasteiger partial charge in [-0.15, -0.1) is 0 Å². The fraction of sp³-hybridized carbons (Fsp3) is 1.00. The van der Waals surface area contributed by atoms with Crippen LogP contribution in [0.3, 0.4) is 0 Å². The second-order valence-corrected chi connectivity index (χ2v) is 7.79. The Morgan fingerprint density at radius 3 is 2.35 bits per heavy atom. The van der Waals surface area contributed by atoms with E-state index < -0.39 is 10.2 Å². The molecule has 0 amide bonds. The molecule has 0 atom stereocenters. The Balaban J connectivity index is 2.24. The van der Waals surface area contributed by atoms with Crippen LogP contribution in [-0.2, 0) is 14.9 Å². The van der Waals surface area contributed by atoms with Crippen molar-refractivity contribution in [2.24, 2.45) is 0 Å². The van der Waals surface area contributed by atoms with Gasteiger partial charge in [-0.1, -0.05) is 0 Å². The van der Waals surface area contributed by atoms with Gasteiger partial charge in [-0.25, -0.2) is 0 Å². The van der Waals surface area contributed by atoms with Crippen LogP contribution >= 0.6 is 0 Å². The minimum Gasteiger partial charge on any atom is -0.377 e. The maximum Gasteiger partial charge on any atom is 0.281 e. The molecule has 0 aromatic carbocycles. The third kappa shape index (κ3) is 6.49. The van der Waals surface area contributed by atoms with Gasteiger partial charge in [0.15, 0.2) is 0 Å². The number of nitrogens with one attached hydrogen (secondary N) is 1. The Labute approximate surface area is 123 Å². The second kappa shape index (κ2) is 8.29. The highest BCUT2D eigenvalue weighted by molar-refractivity contribution is 7.86. The molecule has 1 N–H and O–H groups in total. The molecule has 6 nitrogen and oxygen atoms in total. The average Bonchev–Trinajstić information content (AvgIpc) is 3.17. The zero-order valence-electron chi connectivity index (χ0n) is 13.1. The molecule has 20 heavy (non-hydrogen) atoms. The molecule has 0 heterocycles. The van der Waals surface area contributed by atoms with Crippen molar-refractivity contribution < 1.29 is 13.2 Å². The van der Waals surface area contributed by atoms with Crippen molar-refractivity contribution in [3.63, 3.8) is 0 Å². The first-order valence-electron chi connectivity index (χ1n) is 7.36. The topological polar surface area (TPSA) is 61.9 Å². The van der Waals surface area contributed by atoms with Gasteiger partial charge in [-0.2, -0.15) is 17.0 Å². The predicted octanol–water partition coefficient (Wildman–Crippen LogP) is 0.662. The zero-order chi connectivity index (χ0) is 15.2. The van der Waals surface area contributed by atoms with E-state index in [1.807, 2.05) is 13.8 Å². The van der Waals surface area contributed by atoms with Crippen LogP contribution in [-0.4, -0.2) is 69.5 Å². The lowest BCUT2D eigenvalue weighted by atomic mass is 10.4. The maximum atomic E-state index is 12.2. The average molecular weight is 307 g/mol. The monoisotopic (exact) mass is 307 g/mol. The minimum atomic E-state index is -3.36. The summed E-state index contributed by atoms with van der Waals surface area (Å²) in [6, 6.07) is 0.674. The number of likely N-dealkylation sites (N-methyl/N-ethyl adjacent to an activating group) is 1. The third-order valence-corrected chi connectivity index (χ3v) is 5.25. The van der Waals surface area contributed by atoms with Crippen molar-refractivity contribution in [3.05, 3.63) is 0 Å². The predicted molar refractivity (Wildman–Crippen MR) is 80.9 cm³/mol. The van der Waals surface area contributed by atoms with Gasteiger partial charge in [0.25, 0.3) is 10.2 Å². The summed E-state index contributed by atoms with van der Waals surface area (Å²) in [4.78, 5) is 0. The fourth-order valence-electron chi connectivity index (χ4n) is 1.78. The molecular weight excluding hydrogens is 278 g/mol. The number of rotatable bonds is 11. The largest absolute Gasteiger partial charge is 0.377 e. The van der Waals surface area contributed by atoms with Gasteiger partial charge in [0, 0.05) is 33.2 Å². The van der Waals surface area contributed by atoms with Gasteiger partial charge in [0.05, 0.1) is 12.7 Å². The lowest BCUT2D eigenvalue weighted by Gasteiger charge is -2.24. The molecular formula is C13H29N3O3S. The molecule has 1 fully saturated rings. The first kappa shape index (κ1) is 17.8. The number of hydrogen-bond acceptors (Lipinski definition) is 4. The summed E-state index contributed by atoms with van der Waals surface area (Å²) in [6.45, 7) is 6.10. The maximum absolute atomic E-state index is 12.2. The van der Waals surface area contributed by atoms with Crippen LogP contribution in [0.4, 0.5) is 0 Å². The highest BCUT2D eigenvalue weighted by Gasteiger charge is 2.23. The minimum absolute atomic E-state index is 0.123. The molecule has 1 aliphatic carbocycles. The Bertz CT molecular complexity index is 369. The van der Waals surface area contributed by atoms with Crippen molar-refractivity contribution in [1.82, 2.24) is 13.9 Å². The van der Waals surface area contributed by atoms with Crippen LogP contribution in [0.5, 0.6) is 0 Å². The molecule has 1 saturated carbocycles. The Hall–Kier alpha value is -0.210. The summed E-state index contributed by atoms with van der Waals surface area (Å²) in [5, 5.41) is 3.38. The lowest BCUT2D eigenvalue weighted by Crippen LogP contribution is -2.42. The van der Waals surface area contributed by atoms with Crippen LogP contribution in [0.2, 0.25) is 0 Å². The van der Waals surface area contributed by atoms with Crippen LogP contribution < -0.4 is 5.32 Å². The van der Waals surface area contributed by atoms with Gasteiger partial charge in [0.1, 0.15) is 0 Å². The van der Waals surface area contributed by atoms with Crippen molar-refractivity contribution in [2.75, 3.05) is 40.3 Å². The van der Waals surface area contributed by atoms with E-state index in [2.05, 4.69) is 5.32 Å². The van der Waals surface area contributed by atoms with Crippen LogP contribution in [0.1, 0.15) is 33.1 Å². The molecule has 0 saturated heterocycles. The first-order valence-corrected chi connectivity index (χ1v) is 8.76. The quantitative estimate of drug-likeness (QED) is 0.570. The summed E-state index contributed by atoms with van der Waals surface area (Å²) < 4.78 is 32.6. The van der Waals surface area contributed by atoms with E-state index in [0.717, 1.165) is 13.0 Å². The van der Waals surface area contributed by atoms with E-state index in [-0.39, 0.29) is 6.10 Å².